The average molecular weight is 336 g/mol. The van der Waals surface area contributed by atoms with E-state index < -0.39 is 15.9 Å². The van der Waals surface area contributed by atoms with Crippen LogP contribution in [0.1, 0.15) is 71.1 Å². The third-order valence-electron chi connectivity index (χ3n) is 3.33. The summed E-state index contributed by atoms with van der Waals surface area (Å²) in [6.45, 7) is 6.20. The molecule has 0 aromatic carbocycles. The lowest BCUT2D eigenvalue weighted by Crippen LogP contribution is -2.10. The molecule has 0 aliphatic rings. The molecule has 132 valence electrons. The lowest BCUT2D eigenvalue weighted by molar-refractivity contribution is -0.0231. The van der Waals surface area contributed by atoms with Crippen molar-refractivity contribution >= 4 is 10.1 Å². The fraction of sp³-hybridized carbons (Fsp3) is 0.875. The molecule has 6 heteroatoms. The third kappa shape index (κ3) is 17.5. The monoisotopic (exact) mass is 336 g/mol. The van der Waals surface area contributed by atoms with Crippen LogP contribution < -0.4 is 0 Å². The van der Waals surface area contributed by atoms with Crippen molar-refractivity contribution in [3.63, 3.8) is 0 Å². The van der Waals surface area contributed by atoms with E-state index in [1.54, 1.807) is 0 Å². The van der Waals surface area contributed by atoms with E-state index in [2.05, 4.69) is 13.5 Å². The maximum Gasteiger partial charge on any atom is 0.272 e. The second kappa shape index (κ2) is 14.0. The number of unbranched alkanes of at least 4 members (excludes halogenated alkanes) is 9. The molecule has 0 saturated heterocycles. The molecule has 0 atom stereocenters. The third-order valence-corrected chi connectivity index (χ3v) is 4.02. The summed E-state index contributed by atoms with van der Waals surface area (Å²) in [5, 5.41) is 0. The SMILES string of the molecule is C=C(CS(=O)(=O)O)OCOCCCCCCCCCCCC. The Balaban J connectivity index is 3.19. The number of hydrogen-bond acceptors (Lipinski definition) is 4. The number of hydrogen-bond donors (Lipinski definition) is 1. The summed E-state index contributed by atoms with van der Waals surface area (Å²) in [6, 6.07) is 0. The maximum atomic E-state index is 10.5. The highest BCUT2D eigenvalue weighted by molar-refractivity contribution is 7.85. The normalized spacial score (nSPS) is 11.5. The highest BCUT2D eigenvalue weighted by atomic mass is 32.2. The summed E-state index contributed by atoms with van der Waals surface area (Å²) in [4.78, 5) is 0. The van der Waals surface area contributed by atoms with Gasteiger partial charge in [0.25, 0.3) is 10.1 Å². The van der Waals surface area contributed by atoms with E-state index in [9.17, 15) is 8.42 Å². The fourth-order valence-corrected chi connectivity index (χ4v) is 2.61. The van der Waals surface area contributed by atoms with Crippen LogP contribution in [-0.4, -0.2) is 32.1 Å². The van der Waals surface area contributed by atoms with Crippen LogP contribution >= 0.6 is 0 Å². The molecule has 0 bridgehead atoms. The Labute approximate surface area is 135 Å². The van der Waals surface area contributed by atoms with Crippen molar-refractivity contribution in [3.8, 4) is 0 Å². The second-order valence-corrected chi connectivity index (χ2v) is 7.07. The van der Waals surface area contributed by atoms with Gasteiger partial charge >= 0.3 is 0 Å². The Hall–Kier alpha value is -0.590. The molecule has 0 aromatic rings. The molecule has 0 unspecified atom stereocenters. The smallest absolute Gasteiger partial charge is 0.272 e. The van der Waals surface area contributed by atoms with Crippen LogP contribution in [0.3, 0.4) is 0 Å². The van der Waals surface area contributed by atoms with E-state index >= 15 is 0 Å². The van der Waals surface area contributed by atoms with Crippen LogP contribution in [0.15, 0.2) is 12.3 Å². The number of rotatable bonds is 16. The quantitative estimate of drug-likeness (QED) is 0.197. The molecule has 0 saturated carbocycles. The Morgan fingerprint density at radius 1 is 0.955 bits per heavy atom. The van der Waals surface area contributed by atoms with Crippen molar-refractivity contribution in [1.29, 1.82) is 0 Å². The van der Waals surface area contributed by atoms with Gasteiger partial charge in [-0.05, 0) is 6.42 Å². The van der Waals surface area contributed by atoms with E-state index in [0.717, 1.165) is 12.8 Å². The molecule has 1 N–H and O–H groups in total. The largest absolute Gasteiger partial charge is 0.471 e. The van der Waals surface area contributed by atoms with Gasteiger partial charge < -0.3 is 9.47 Å². The van der Waals surface area contributed by atoms with Gasteiger partial charge in [0.2, 0.25) is 0 Å². The van der Waals surface area contributed by atoms with Gasteiger partial charge in [-0.2, -0.15) is 8.42 Å². The molecule has 0 radical (unpaired) electrons. The molecule has 0 amide bonds. The van der Waals surface area contributed by atoms with Crippen molar-refractivity contribution < 1.29 is 22.4 Å². The number of ether oxygens (including phenoxy) is 2. The zero-order valence-electron chi connectivity index (χ0n) is 13.9. The highest BCUT2D eigenvalue weighted by Gasteiger charge is 2.08. The molecular weight excluding hydrogens is 304 g/mol. The molecule has 5 nitrogen and oxygen atoms in total. The molecule has 22 heavy (non-hydrogen) atoms. The summed E-state index contributed by atoms with van der Waals surface area (Å²) >= 11 is 0. The Morgan fingerprint density at radius 3 is 1.95 bits per heavy atom. The summed E-state index contributed by atoms with van der Waals surface area (Å²) in [5.41, 5.74) is 0. The molecular formula is C16H32O5S. The first-order valence-corrected chi connectivity index (χ1v) is 9.90. The van der Waals surface area contributed by atoms with Crippen LogP contribution in [0.25, 0.3) is 0 Å². The van der Waals surface area contributed by atoms with Crippen molar-refractivity contribution in [2.45, 2.75) is 71.1 Å². The van der Waals surface area contributed by atoms with Crippen molar-refractivity contribution in [3.05, 3.63) is 12.3 Å². The molecule has 0 aliphatic heterocycles. The van der Waals surface area contributed by atoms with Crippen molar-refractivity contribution in [2.24, 2.45) is 0 Å². The van der Waals surface area contributed by atoms with E-state index in [0.29, 0.717) is 6.61 Å². The first-order chi connectivity index (χ1) is 10.5. The summed E-state index contributed by atoms with van der Waals surface area (Å²) in [5.74, 6) is -0.597. The van der Waals surface area contributed by atoms with Crippen molar-refractivity contribution in [2.75, 3.05) is 19.2 Å². The highest BCUT2D eigenvalue weighted by Crippen LogP contribution is 2.10. The van der Waals surface area contributed by atoms with E-state index in [4.69, 9.17) is 14.0 Å². The minimum absolute atomic E-state index is 0.00873. The van der Waals surface area contributed by atoms with Crippen molar-refractivity contribution in [1.82, 2.24) is 0 Å². The first-order valence-electron chi connectivity index (χ1n) is 8.29. The van der Waals surface area contributed by atoms with Gasteiger partial charge in [-0.15, -0.1) is 0 Å². The predicted molar refractivity (Wildman–Crippen MR) is 89.3 cm³/mol. The van der Waals surface area contributed by atoms with Gasteiger partial charge in [-0.25, -0.2) is 0 Å². The van der Waals surface area contributed by atoms with Gasteiger partial charge in [-0.1, -0.05) is 71.3 Å². The Morgan fingerprint density at radius 2 is 1.45 bits per heavy atom. The van der Waals surface area contributed by atoms with Gasteiger partial charge in [0.15, 0.2) is 6.79 Å². The van der Waals surface area contributed by atoms with Crippen LogP contribution in [0.4, 0.5) is 0 Å². The lowest BCUT2D eigenvalue weighted by atomic mass is 10.1. The average Bonchev–Trinajstić information content (AvgIpc) is 2.42. The predicted octanol–water partition coefficient (Wildman–Crippen LogP) is 4.30. The van der Waals surface area contributed by atoms with Crippen LogP contribution in [0.2, 0.25) is 0 Å². The summed E-state index contributed by atoms with van der Waals surface area (Å²) in [6.07, 6.45) is 12.7. The van der Waals surface area contributed by atoms with E-state index in [1.165, 1.54) is 51.4 Å². The Bertz CT molecular complexity index is 365. The topological polar surface area (TPSA) is 72.8 Å². The summed E-state index contributed by atoms with van der Waals surface area (Å²) in [7, 11) is -4.07. The van der Waals surface area contributed by atoms with Gasteiger partial charge in [0.1, 0.15) is 11.5 Å². The molecule has 0 fully saturated rings. The van der Waals surface area contributed by atoms with Crippen LogP contribution in [0, 0.1) is 0 Å². The minimum Gasteiger partial charge on any atom is -0.471 e. The van der Waals surface area contributed by atoms with Gasteiger partial charge in [0.05, 0.1) is 6.61 Å². The molecule has 0 aliphatic carbocycles. The van der Waals surface area contributed by atoms with Crippen LogP contribution in [-0.2, 0) is 19.6 Å². The summed E-state index contributed by atoms with van der Waals surface area (Å²) < 4.78 is 39.9. The standard InChI is InChI=1S/C16H32O5S/c1-3-4-5-6-7-8-9-10-11-12-13-20-15-21-16(2)14-22(17,18)19/h2-15H2,1H3,(H,17,18,19). The zero-order valence-corrected chi connectivity index (χ0v) is 14.7. The van der Waals surface area contributed by atoms with E-state index in [-0.39, 0.29) is 12.6 Å². The minimum atomic E-state index is -4.07. The molecule has 0 rings (SSSR count). The lowest BCUT2D eigenvalue weighted by Gasteiger charge is -2.08. The van der Waals surface area contributed by atoms with Gasteiger partial charge in [-0.3, -0.25) is 4.55 Å². The molecule has 0 heterocycles. The first kappa shape index (κ1) is 21.4. The molecule has 0 spiro atoms. The molecule has 0 aromatic heterocycles. The Kier molecular flexibility index (Phi) is 13.7. The van der Waals surface area contributed by atoms with Crippen LogP contribution in [0.5, 0.6) is 0 Å². The van der Waals surface area contributed by atoms with E-state index in [1.807, 2.05) is 0 Å². The zero-order chi connectivity index (χ0) is 16.7. The fourth-order valence-electron chi connectivity index (χ4n) is 2.12. The maximum absolute atomic E-state index is 10.5. The van der Waals surface area contributed by atoms with Gasteiger partial charge in [0, 0.05) is 0 Å². The second-order valence-electron chi connectivity index (χ2n) is 5.62.